The molecule has 2 aliphatic rings. The highest BCUT2D eigenvalue weighted by molar-refractivity contribution is 7.09. The second-order valence-electron chi connectivity index (χ2n) is 10.4. The van der Waals surface area contributed by atoms with E-state index in [1.165, 1.54) is 10.4 Å². The molecule has 1 aromatic carbocycles. The van der Waals surface area contributed by atoms with Crippen LogP contribution in [0.3, 0.4) is 0 Å². The van der Waals surface area contributed by atoms with E-state index in [4.69, 9.17) is 9.72 Å². The van der Waals surface area contributed by atoms with E-state index in [1.807, 2.05) is 24.3 Å². The van der Waals surface area contributed by atoms with Crippen LogP contribution in [0, 0.1) is 12.3 Å². The number of nitrogens with zero attached hydrogens (tertiary/aromatic N) is 3. The highest BCUT2D eigenvalue weighted by atomic mass is 32.1. The van der Waals surface area contributed by atoms with Gasteiger partial charge in [0.15, 0.2) is 5.78 Å². The molecule has 3 aromatic rings. The number of hydrogen-bond acceptors (Lipinski definition) is 6. The fraction of sp³-hybridized carbons (Fsp3) is 0.400. The van der Waals surface area contributed by atoms with Gasteiger partial charge in [0.25, 0.3) is 0 Å². The summed E-state index contributed by atoms with van der Waals surface area (Å²) in [4.78, 5) is 25.0. The predicted octanol–water partition coefficient (Wildman–Crippen LogP) is 5.57. The summed E-state index contributed by atoms with van der Waals surface area (Å²) in [5, 5.41) is 2.13. The summed E-state index contributed by atoms with van der Waals surface area (Å²) in [5.74, 6) is 1.15. The van der Waals surface area contributed by atoms with Crippen molar-refractivity contribution >= 4 is 29.0 Å². The summed E-state index contributed by atoms with van der Waals surface area (Å²) >= 11 is 1.80. The molecule has 1 unspecified atom stereocenters. The first-order valence-electron chi connectivity index (χ1n) is 12.8. The maximum absolute atomic E-state index is 13.9. The Morgan fingerprint density at radius 3 is 2.58 bits per heavy atom. The summed E-state index contributed by atoms with van der Waals surface area (Å²) in [6.07, 6.45) is 3.01. The number of hydrogen-bond donors (Lipinski definition) is 0. The van der Waals surface area contributed by atoms with Crippen molar-refractivity contribution in [2.75, 3.05) is 44.3 Å². The van der Waals surface area contributed by atoms with Crippen molar-refractivity contribution in [3.05, 3.63) is 87.2 Å². The molecular weight excluding hydrogens is 466 g/mol. The van der Waals surface area contributed by atoms with Crippen molar-refractivity contribution in [1.29, 1.82) is 0 Å². The van der Waals surface area contributed by atoms with Gasteiger partial charge in [0, 0.05) is 42.0 Å². The largest absolute Gasteiger partial charge is 0.378 e. The molecule has 1 atom stereocenters. The highest BCUT2D eigenvalue weighted by Crippen LogP contribution is 2.42. The van der Waals surface area contributed by atoms with Crippen molar-refractivity contribution in [1.82, 2.24) is 9.88 Å². The summed E-state index contributed by atoms with van der Waals surface area (Å²) in [5.41, 5.74) is 3.57. The molecule has 0 N–H and O–H groups in total. The predicted molar refractivity (Wildman–Crippen MR) is 148 cm³/mol. The van der Waals surface area contributed by atoms with Crippen molar-refractivity contribution in [2.24, 2.45) is 5.41 Å². The van der Waals surface area contributed by atoms with Gasteiger partial charge in [-0.15, -0.1) is 11.3 Å². The Bertz CT molecular complexity index is 1210. The molecule has 188 valence electrons. The summed E-state index contributed by atoms with van der Waals surface area (Å²) in [6, 6.07) is 18.9. The topological polar surface area (TPSA) is 45.7 Å². The number of ether oxygens (including phenoxy) is 1. The van der Waals surface area contributed by atoms with Crippen LogP contribution in [0.4, 0.5) is 5.82 Å². The molecule has 5 nitrogen and oxygen atoms in total. The second-order valence-corrected chi connectivity index (χ2v) is 11.5. The van der Waals surface area contributed by atoms with E-state index in [9.17, 15) is 4.79 Å². The summed E-state index contributed by atoms with van der Waals surface area (Å²) < 4.78 is 5.51. The van der Waals surface area contributed by atoms with Crippen LogP contribution in [0.15, 0.2) is 65.6 Å². The third-order valence-corrected chi connectivity index (χ3v) is 8.08. The van der Waals surface area contributed by atoms with E-state index in [0.29, 0.717) is 13.2 Å². The molecule has 0 bridgehead atoms. The maximum Gasteiger partial charge on any atom is 0.167 e. The lowest BCUT2D eigenvalue weighted by molar-refractivity contribution is -0.128. The Balaban J connectivity index is 1.54. The number of likely N-dealkylation sites (tertiary alicyclic amines) is 1. The minimum atomic E-state index is -0.468. The van der Waals surface area contributed by atoms with E-state index < -0.39 is 5.41 Å². The van der Waals surface area contributed by atoms with Crippen LogP contribution >= 0.6 is 11.3 Å². The van der Waals surface area contributed by atoms with Crippen molar-refractivity contribution < 1.29 is 9.53 Å². The molecule has 0 radical (unpaired) electrons. The average Bonchev–Trinajstić information content (AvgIpc) is 3.41. The van der Waals surface area contributed by atoms with Gasteiger partial charge >= 0.3 is 0 Å². The van der Waals surface area contributed by atoms with Crippen molar-refractivity contribution in [2.45, 2.75) is 33.2 Å². The molecule has 2 aromatic heterocycles. The van der Waals surface area contributed by atoms with Gasteiger partial charge in [-0.25, -0.2) is 4.98 Å². The zero-order valence-electron chi connectivity index (χ0n) is 21.4. The van der Waals surface area contributed by atoms with Gasteiger partial charge in [-0.05, 0) is 48.6 Å². The van der Waals surface area contributed by atoms with Crippen molar-refractivity contribution in [3.63, 3.8) is 0 Å². The fourth-order valence-corrected chi connectivity index (χ4v) is 5.93. The van der Waals surface area contributed by atoms with E-state index in [2.05, 4.69) is 72.3 Å². The Morgan fingerprint density at radius 1 is 1.08 bits per heavy atom. The Morgan fingerprint density at radius 2 is 1.86 bits per heavy atom. The number of benzene rings is 1. The van der Waals surface area contributed by atoms with Crippen LogP contribution in [0.25, 0.3) is 6.08 Å². The number of aryl methyl sites for hydroxylation is 1. The average molecular weight is 502 g/mol. The molecule has 0 amide bonds. The van der Waals surface area contributed by atoms with Gasteiger partial charge in [0.1, 0.15) is 5.82 Å². The molecule has 4 heterocycles. The standard InChI is InChI=1S/C30H35N3O2S/c1-22-9-11-23(12-10-22)28-26(20-24-6-4-8-27(31-24)32-15-17-35-18-16-32)29(34)30(2,3)21-33(28)14-13-25-7-5-19-36-25/h4-12,19-20,28H,13-18,21H2,1-3H3/b26-20-. The Labute approximate surface area is 218 Å². The third kappa shape index (κ3) is 5.46. The molecule has 2 aliphatic heterocycles. The number of pyridine rings is 1. The lowest BCUT2D eigenvalue weighted by atomic mass is 9.74. The lowest BCUT2D eigenvalue weighted by Crippen LogP contribution is -2.49. The first-order valence-corrected chi connectivity index (χ1v) is 13.7. The Hall–Kier alpha value is -2.80. The van der Waals surface area contributed by atoms with Crippen LogP contribution in [0.2, 0.25) is 0 Å². The highest BCUT2D eigenvalue weighted by Gasteiger charge is 2.43. The van der Waals surface area contributed by atoms with Gasteiger partial charge in [0.05, 0.1) is 24.9 Å². The van der Waals surface area contributed by atoms with Crippen LogP contribution in [-0.4, -0.2) is 55.1 Å². The third-order valence-electron chi connectivity index (χ3n) is 7.15. The molecule has 0 spiro atoms. The molecular formula is C30H35N3O2S. The number of piperidine rings is 1. The van der Waals surface area contributed by atoms with Crippen LogP contribution in [-0.2, 0) is 16.0 Å². The quantitative estimate of drug-likeness (QED) is 0.414. The van der Waals surface area contributed by atoms with E-state index >= 15 is 0 Å². The minimum Gasteiger partial charge on any atom is -0.378 e. The zero-order valence-corrected chi connectivity index (χ0v) is 22.3. The molecule has 5 rings (SSSR count). The smallest absolute Gasteiger partial charge is 0.167 e. The van der Waals surface area contributed by atoms with Crippen LogP contribution in [0.5, 0.6) is 0 Å². The minimum absolute atomic E-state index is 0.0973. The number of morpholine rings is 1. The van der Waals surface area contributed by atoms with Gasteiger partial charge < -0.3 is 9.64 Å². The number of carbonyl (C=O) groups is 1. The molecule has 0 aliphatic carbocycles. The monoisotopic (exact) mass is 501 g/mol. The van der Waals surface area contributed by atoms with Crippen LogP contribution < -0.4 is 4.90 Å². The van der Waals surface area contributed by atoms with Gasteiger partial charge in [-0.3, -0.25) is 9.69 Å². The SMILES string of the molecule is Cc1ccc(C2/C(=C/c3cccc(N4CCOCC4)n3)C(=O)C(C)(C)CN2CCc2cccs2)cc1. The van der Waals surface area contributed by atoms with Gasteiger partial charge in [0.2, 0.25) is 0 Å². The zero-order chi connectivity index (χ0) is 25.1. The fourth-order valence-electron chi connectivity index (χ4n) is 5.23. The number of anilines is 1. The number of rotatable bonds is 6. The van der Waals surface area contributed by atoms with Gasteiger partial charge in [-0.1, -0.05) is 55.8 Å². The van der Waals surface area contributed by atoms with E-state index in [0.717, 1.165) is 55.2 Å². The Kier molecular flexibility index (Phi) is 7.37. The molecule has 0 saturated carbocycles. The summed E-state index contributed by atoms with van der Waals surface area (Å²) in [7, 11) is 0. The first-order chi connectivity index (χ1) is 17.4. The summed E-state index contributed by atoms with van der Waals surface area (Å²) in [6.45, 7) is 11.0. The number of thiophene rings is 1. The molecule has 36 heavy (non-hydrogen) atoms. The molecule has 6 heteroatoms. The molecule has 2 fully saturated rings. The number of Topliss-reactive ketones (excluding diaryl/α,β-unsaturated/α-hetero) is 1. The number of carbonyl (C=O) groups excluding carboxylic acids is 1. The first kappa shape index (κ1) is 24.9. The number of aromatic nitrogens is 1. The van der Waals surface area contributed by atoms with E-state index in [1.54, 1.807) is 11.3 Å². The lowest BCUT2D eigenvalue weighted by Gasteiger charge is -2.44. The van der Waals surface area contributed by atoms with Gasteiger partial charge in [-0.2, -0.15) is 0 Å². The van der Waals surface area contributed by atoms with E-state index in [-0.39, 0.29) is 11.8 Å². The number of ketones is 1. The van der Waals surface area contributed by atoms with Crippen LogP contribution in [0.1, 0.15) is 41.6 Å². The van der Waals surface area contributed by atoms with Crippen molar-refractivity contribution in [3.8, 4) is 0 Å². The maximum atomic E-state index is 13.9. The molecule has 2 saturated heterocycles. The second kappa shape index (κ2) is 10.7. The normalized spacial score (nSPS) is 21.8.